The summed E-state index contributed by atoms with van der Waals surface area (Å²) in [5.41, 5.74) is 0.951. The Hall–Kier alpha value is -2.23. The van der Waals surface area contributed by atoms with Gasteiger partial charge in [-0.1, -0.05) is 42.5 Å². The first-order chi connectivity index (χ1) is 9.18. The van der Waals surface area contributed by atoms with Gasteiger partial charge in [0.2, 0.25) is 0 Å². The first-order valence-electron chi connectivity index (χ1n) is 5.77. The Morgan fingerprint density at radius 2 is 1.63 bits per heavy atom. The highest BCUT2D eigenvalue weighted by molar-refractivity contribution is 5.51. The van der Waals surface area contributed by atoms with Crippen LogP contribution in [0.15, 0.2) is 48.5 Å². The Morgan fingerprint density at radius 3 is 2.37 bits per heavy atom. The summed E-state index contributed by atoms with van der Waals surface area (Å²) < 4.78 is 39.0. The van der Waals surface area contributed by atoms with Gasteiger partial charge in [0.1, 0.15) is 0 Å². The van der Waals surface area contributed by atoms with E-state index in [2.05, 4.69) is 5.32 Å². The van der Waals surface area contributed by atoms with E-state index in [1.165, 1.54) is 6.07 Å². The van der Waals surface area contributed by atoms with E-state index in [1.54, 1.807) is 6.08 Å². The maximum Gasteiger partial charge on any atom is 0.196 e. The van der Waals surface area contributed by atoms with E-state index < -0.39 is 17.5 Å². The van der Waals surface area contributed by atoms with Crippen LogP contribution in [0, 0.1) is 17.5 Å². The number of hydrogen-bond acceptors (Lipinski definition) is 1. The predicted molar refractivity (Wildman–Crippen MR) is 70.3 cm³/mol. The zero-order valence-electron chi connectivity index (χ0n) is 10.0. The van der Waals surface area contributed by atoms with Crippen LogP contribution >= 0.6 is 0 Å². The lowest BCUT2D eigenvalue weighted by atomic mass is 10.2. The minimum Gasteiger partial charge on any atom is -0.379 e. The third-order valence-corrected chi connectivity index (χ3v) is 2.56. The predicted octanol–water partition coefficient (Wildman–Crippen LogP) is 4.23. The van der Waals surface area contributed by atoms with Gasteiger partial charge in [-0.3, -0.25) is 0 Å². The highest BCUT2D eigenvalue weighted by Gasteiger charge is 2.12. The Labute approximate surface area is 109 Å². The molecule has 0 heterocycles. The van der Waals surface area contributed by atoms with Crippen molar-refractivity contribution in [3.8, 4) is 0 Å². The molecule has 0 aliphatic rings. The van der Waals surface area contributed by atoms with Crippen LogP contribution in [0.5, 0.6) is 0 Å². The molecule has 2 aromatic carbocycles. The van der Waals surface area contributed by atoms with Gasteiger partial charge in [-0.25, -0.2) is 13.2 Å². The van der Waals surface area contributed by atoms with Gasteiger partial charge in [0.25, 0.3) is 0 Å². The summed E-state index contributed by atoms with van der Waals surface area (Å²) in [5.74, 6) is -3.85. The van der Waals surface area contributed by atoms with Crippen LogP contribution in [0.1, 0.15) is 5.56 Å². The normalized spacial score (nSPS) is 10.9. The maximum absolute atomic E-state index is 13.3. The molecule has 0 unspecified atom stereocenters. The molecule has 98 valence electrons. The van der Waals surface area contributed by atoms with Crippen LogP contribution in [0.4, 0.5) is 18.9 Å². The van der Waals surface area contributed by atoms with Crippen LogP contribution in [0.3, 0.4) is 0 Å². The van der Waals surface area contributed by atoms with E-state index in [1.807, 2.05) is 36.4 Å². The van der Waals surface area contributed by atoms with Crippen molar-refractivity contribution in [1.29, 1.82) is 0 Å². The number of rotatable bonds is 4. The highest BCUT2D eigenvalue weighted by atomic mass is 19.2. The smallest absolute Gasteiger partial charge is 0.196 e. The lowest BCUT2D eigenvalue weighted by Crippen LogP contribution is -2.03. The molecule has 0 aliphatic heterocycles. The van der Waals surface area contributed by atoms with Crippen molar-refractivity contribution in [3.63, 3.8) is 0 Å². The number of halogens is 3. The summed E-state index contributed by atoms with van der Waals surface area (Å²) in [6.07, 6.45) is 3.63. The Balaban J connectivity index is 1.97. The number of hydrogen-bond donors (Lipinski definition) is 1. The molecular formula is C15H12F3N. The number of benzene rings is 2. The molecule has 1 nitrogen and oxygen atoms in total. The lowest BCUT2D eigenvalue weighted by molar-refractivity contribution is 0.449. The first kappa shape index (κ1) is 13.2. The van der Waals surface area contributed by atoms with E-state index in [-0.39, 0.29) is 5.69 Å². The molecule has 0 bridgehead atoms. The molecule has 0 amide bonds. The van der Waals surface area contributed by atoms with Gasteiger partial charge in [0.05, 0.1) is 5.69 Å². The fraction of sp³-hybridized carbons (Fsp3) is 0.0667. The van der Waals surface area contributed by atoms with E-state index >= 15 is 0 Å². The molecule has 0 saturated carbocycles. The van der Waals surface area contributed by atoms with Gasteiger partial charge in [-0.05, 0) is 17.7 Å². The topological polar surface area (TPSA) is 12.0 Å². The zero-order valence-corrected chi connectivity index (χ0v) is 10.0. The Kier molecular flexibility index (Phi) is 4.23. The second-order valence-corrected chi connectivity index (χ2v) is 3.92. The van der Waals surface area contributed by atoms with Crippen LogP contribution in [0.25, 0.3) is 6.08 Å². The molecule has 0 atom stereocenters. The molecule has 0 radical (unpaired) electrons. The van der Waals surface area contributed by atoms with Gasteiger partial charge < -0.3 is 5.32 Å². The summed E-state index contributed by atoms with van der Waals surface area (Å²) in [6, 6.07) is 11.6. The first-order valence-corrected chi connectivity index (χ1v) is 5.77. The fourth-order valence-corrected chi connectivity index (χ4v) is 1.59. The van der Waals surface area contributed by atoms with Crippen molar-refractivity contribution in [1.82, 2.24) is 0 Å². The third kappa shape index (κ3) is 3.37. The summed E-state index contributed by atoms with van der Waals surface area (Å²) >= 11 is 0. The summed E-state index contributed by atoms with van der Waals surface area (Å²) in [6.45, 7) is 0.316. The second-order valence-electron chi connectivity index (χ2n) is 3.92. The number of anilines is 1. The van der Waals surface area contributed by atoms with Crippen molar-refractivity contribution >= 4 is 11.8 Å². The van der Waals surface area contributed by atoms with Crippen molar-refractivity contribution in [2.75, 3.05) is 11.9 Å². The van der Waals surface area contributed by atoms with Crippen LogP contribution in [-0.4, -0.2) is 6.54 Å². The molecule has 0 aliphatic carbocycles. The number of nitrogens with one attached hydrogen (secondary N) is 1. The minimum absolute atomic E-state index is 0.0587. The SMILES string of the molecule is Fc1ccc(NCC=Cc2ccccc2)c(F)c1F. The lowest BCUT2D eigenvalue weighted by Gasteiger charge is -2.05. The largest absolute Gasteiger partial charge is 0.379 e. The van der Waals surface area contributed by atoms with Crippen LogP contribution in [0.2, 0.25) is 0 Å². The van der Waals surface area contributed by atoms with Gasteiger partial charge in [-0.2, -0.15) is 0 Å². The monoisotopic (exact) mass is 263 g/mol. The van der Waals surface area contributed by atoms with Crippen molar-refractivity contribution in [2.45, 2.75) is 0 Å². The molecule has 19 heavy (non-hydrogen) atoms. The van der Waals surface area contributed by atoms with Gasteiger partial charge in [0, 0.05) is 6.54 Å². The Bertz CT molecular complexity index is 579. The van der Waals surface area contributed by atoms with Crippen molar-refractivity contribution in [2.24, 2.45) is 0 Å². The standard InChI is InChI=1S/C15H12F3N/c16-12-8-9-13(15(18)14(12)17)19-10-4-7-11-5-2-1-3-6-11/h1-9,19H,10H2. The van der Waals surface area contributed by atoms with Crippen LogP contribution in [-0.2, 0) is 0 Å². The summed E-state index contributed by atoms with van der Waals surface area (Å²) in [7, 11) is 0. The maximum atomic E-state index is 13.3. The molecule has 0 spiro atoms. The van der Waals surface area contributed by atoms with Gasteiger partial charge in [0.15, 0.2) is 17.5 Å². The van der Waals surface area contributed by atoms with E-state index in [4.69, 9.17) is 0 Å². The Morgan fingerprint density at radius 1 is 0.895 bits per heavy atom. The van der Waals surface area contributed by atoms with Crippen molar-refractivity contribution in [3.05, 3.63) is 71.6 Å². The molecule has 0 aromatic heterocycles. The van der Waals surface area contributed by atoms with Crippen molar-refractivity contribution < 1.29 is 13.2 Å². The molecule has 2 aromatic rings. The molecule has 2 rings (SSSR count). The van der Waals surface area contributed by atoms with Crippen LogP contribution < -0.4 is 5.32 Å². The van der Waals surface area contributed by atoms with E-state index in [0.717, 1.165) is 11.6 Å². The second kappa shape index (κ2) is 6.09. The molecule has 0 saturated heterocycles. The quantitative estimate of drug-likeness (QED) is 0.814. The van der Waals surface area contributed by atoms with E-state index in [9.17, 15) is 13.2 Å². The molecule has 0 fully saturated rings. The molecule has 1 N–H and O–H groups in total. The molecular weight excluding hydrogens is 251 g/mol. The average molecular weight is 263 g/mol. The third-order valence-electron chi connectivity index (χ3n) is 2.56. The van der Waals surface area contributed by atoms with Gasteiger partial charge in [-0.15, -0.1) is 0 Å². The molecule has 4 heteroatoms. The minimum atomic E-state index is -1.46. The summed E-state index contributed by atoms with van der Waals surface area (Å²) in [5, 5.41) is 2.68. The zero-order chi connectivity index (χ0) is 13.7. The average Bonchev–Trinajstić information content (AvgIpc) is 2.44. The highest BCUT2D eigenvalue weighted by Crippen LogP contribution is 2.19. The van der Waals surface area contributed by atoms with Gasteiger partial charge >= 0.3 is 0 Å². The fourth-order valence-electron chi connectivity index (χ4n) is 1.59. The summed E-state index contributed by atoms with van der Waals surface area (Å²) in [4.78, 5) is 0. The van der Waals surface area contributed by atoms with E-state index in [0.29, 0.717) is 6.54 Å².